The molecule has 5 nitrogen and oxygen atoms in total. The van der Waals surface area contributed by atoms with Gasteiger partial charge < -0.3 is 9.64 Å². The zero-order valence-electron chi connectivity index (χ0n) is 16.0. The molecule has 6 heteroatoms. The lowest BCUT2D eigenvalue weighted by atomic mass is 10.0. The molecule has 1 aromatic carbocycles. The first-order chi connectivity index (χ1) is 13.7. The van der Waals surface area contributed by atoms with E-state index >= 15 is 0 Å². The Hall–Kier alpha value is -2.53. The van der Waals surface area contributed by atoms with E-state index < -0.39 is 0 Å². The zero-order valence-corrected chi connectivity index (χ0v) is 16.7. The van der Waals surface area contributed by atoms with Gasteiger partial charge >= 0.3 is 5.97 Å². The number of carbonyl (C=O) groups excluding carboxylic acids is 1. The third-order valence-corrected chi connectivity index (χ3v) is 5.58. The smallest absolute Gasteiger partial charge is 0.328 e. The zero-order chi connectivity index (χ0) is 19.5. The van der Waals surface area contributed by atoms with Crippen LogP contribution in [-0.2, 0) is 9.53 Å². The van der Waals surface area contributed by atoms with Crippen LogP contribution in [0.5, 0.6) is 0 Å². The average molecular weight is 398 g/mol. The van der Waals surface area contributed by atoms with E-state index in [-0.39, 0.29) is 12.0 Å². The molecule has 2 heterocycles. The molecule has 0 radical (unpaired) electrons. The predicted octanol–water partition coefficient (Wildman–Crippen LogP) is 2.97. The second-order valence-electron chi connectivity index (χ2n) is 7.12. The molecule has 0 N–H and O–H groups in total. The van der Waals surface area contributed by atoms with Crippen molar-refractivity contribution < 1.29 is 9.53 Å². The van der Waals surface area contributed by atoms with Gasteiger partial charge in [-0.1, -0.05) is 29.8 Å². The number of esters is 1. The number of carbonyl (C=O) groups is 1. The normalized spacial score (nSPS) is 22.6. The number of piperidine rings is 1. The highest BCUT2D eigenvalue weighted by molar-refractivity contribution is 6.30. The van der Waals surface area contributed by atoms with Gasteiger partial charge in [0.15, 0.2) is 5.82 Å². The quantitative estimate of drug-likeness (QED) is 0.747. The Morgan fingerprint density at radius 3 is 2.82 bits per heavy atom. The molecule has 2 aliphatic rings. The van der Waals surface area contributed by atoms with Crippen molar-refractivity contribution in [3.05, 3.63) is 52.0 Å². The lowest BCUT2D eigenvalue weighted by Gasteiger charge is -2.33. The Labute approximate surface area is 169 Å². The molecular formula is C22H24ClN3O2. The summed E-state index contributed by atoms with van der Waals surface area (Å²) in [5, 5.41) is 7.75. The van der Waals surface area contributed by atoms with Crippen LogP contribution in [0.4, 0.5) is 5.82 Å². The van der Waals surface area contributed by atoms with Crippen molar-refractivity contribution in [2.45, 2.75) is 38.1 Å². The number of halogens is 1. The summed E-state index contributed by atoms with van der Waals surface area (Å²) in [6, 6.07) is 7.38. The van der Waals surface area contributed by atoms with Crippen molar-refractivity contribution in [1.82, 2.24) is 9.78 Å². The molecule has 4 rings (SSSR count). The number of hydrogen-bond acceptors (Lipinski definition) is 4. The predicted molar refractivity (Wildman–Crippen MR) is 112 cm³/mol. The number of fused-ring (bicyclic) bond motifs is 1. The van der Waals surface area contributed by atoms with Crippen LogP contribution in [0, 0.1) is 0 Å². The number of aromatic nitrogens is 2. The highest BCUT2D eigenvalue weighted by Crippen LogP contribution is 2.22. The average Bonchev–Trinajstić information content (AvgIpc) is 3.05. The van der Waals surface area contributed by atoms with Crippen LogP contribution in [0.15, 0.2) is 36.4 Å². The third-order valence-electron chi connectivity index (χ3n) is 5.33. The molecule has 1 aromatic heterocycles. The summed E-state index contributed by atoms with van der Waals surface area (Å²) in [7, 11) is 1.45. The maximum Gasteiger partial charge on any atom is 0.328 e. The molecule has 0 spiro atoms. The Morgan fingerprint density at radius 1 is 1.21 bits per heavy atom. The van der Waals surface area contributed by atoms with Gasteiger partial charge in [-0.15, -0.1) is 5.10 Å². The number of anilines is 1. The summed E-state index contributed by atoms with van der Waals surface area (Å²) in [6.07, 6.45) is 13.3. The fourth-order valence-electron chi connectivity index (χ4n) is 3.92. The van der Waals surface area contributed by atoms with Crippen LogP contribution < -0.4 is 15.5 Å². The molecule has 1 unspecified atom stereocenters. The summed E-state index contributed by atoms with van der Waals surface area (Å²) in [4.78, 5) is 14.5. The van der Waals surface area contributed by atoms with E-state index in [4.69, 9.17) is 21.4 Å². The van der Waals surface area contributed by atoms with Gasteiger partial charge in [-0.25, -0.2) is 9.48 Å². The van der Waals surface area contributed by atoms with Crippen LogP contribution >= 0.6 is 11.6 Å². The number of benzene rings is 1. The summed E-state index contributed by atoms with van der Waals surface area (Å²) >= 11 is 6.07. The van der Waals surface area contributed by atoms with Gasteiger partial charge in [0, 0.05) is 16.8 Å². The summed E-state index contributed by atoms with van der Waals surface area (Å²) in [5.41, 5.74) is 0.952. The van der Waals surface area contributed by atoms with Crippen LogP contribution in [-0.4, -0.2) is 35.4 Å². The first-order valence-electron chi connectivity index (χ1n) is 9.75. The minimum Gasteiger partial charge on any atom is -0.467 e. The number of ether oxygens (including phenoxy) is 1. The molecule has 1 atom stereocenters. The lowest BCUT2D eigenvalue weighted by Crippen LogP contribution is -2.48. The second-order valence-corrected chi connectivity index (χ2v) is 7.55. The van der Waals surface area contributed by atoms with Gasteiger partial charge in [0.2, 0.25) is 0 Å². The van der Waals surface area contributed by atoms with Crippen LogP contribution in [0.25, 0.3) is 17.8 Å². The van der Waals surface area contributed by atoms with Crippen molar-refractivity contribution >= 4 is 35.5 Å². The van der Waals surface area contributed by atoms with E-state index in [9.17, 15) is 4.79 Å². The molecule has 28 heavy (non-hydrogen) atoms. The van der Waals surface area contributed by atoms with Crippen LogP contribution in [0.2, 0.25) is 5.02 Å². The second kappa shape index (κ2) is 8.23. The fraction of sp³-hybridized carbons (Fsp3) is 0.364. The van der Waals surface area contributed by atoms with E-state index in [1.807, 2.05) is 28.9 Å². The molecule has 1 saturated heterocycles. The third kappa shape index (κ3) is 3.59. The SMILES string of the molecule is COC(=O)C1CCCCN1c1nn(-c2ccc(Cl)cc2)c2/c1=C\C=C\CC/C=2. The van der Waals surface area contributed by atoms with Crippen LogP contribution in [0.1, 0.15) is 32.1 Å². The standard InChI is InChI=1S/C22H24ClN3O2/c1-28-22(27)20-10-6-7-15-25(20)21-18-8-4-2-3-5-9-19(18)26(24-21)17-13-11-16(23)12-14-17/h2,4,8-9,11-14,20H,3,5-7,10,15H2,1H3/b4-2+,18-8+,19-9-. The lowest BCUT2D eigenvalue weighted by molar-refractivity contribution is -0.142. The Morgan fingerprint density at radius 2 is 2.04 bits per heavy atom. The number of allylic oxidation sites excluding steroid dienone is 2. The van der Waals surface area contributed by atoms with Crippen molar-refractivity contribution in [3.63, 3.8) is 0 Å². The number of rotatable bonds is 3. The van der Waals surface area contributed by atoms with Gasteiger partial charge in [-0.2, -0.15) is 0 Å². The molecule has 0 amide bonds. The molecule has 1 aliphatic carbocycles. The van der Waals surface area contributed by atoms with Crippen molar-refractivity contribution in [2.75, 3.05) is 18.6 Å². The van der Waals surface area contributed by atoms with E-state index in [0.717, 1.165) is 60.7 Å². The monoisotopic (exact) mass is 397 g/mol. The summed E-state index contributed by atoms with van der Waals surface area (Å²) in [5.74, 6) is 0.641. The maximum absolute atomic E-state index is 12.4. The van der Waals surface area contributed by atoms with Crippen molar-refractivity contribution in [3.8, 4) is 5.69 Å². The van der Waals surface area contributed by atoms with E-state index in [0.29, 0.717) is 5.02 Å². The van der Waals surface area contributed by atoms with E-state index in [1.165, 1.54) is 7.11 Å². The number of hydrogen-bond donors (Lipinski definition) is 0. The minimum absolute atomic E-state index is 0.195. The highest BCUT2D eigenvalue weighted by atomic mass is 35.5. The molecular weight excluding hydrogens is 374 g/mol. The van der Waals surface area contributed by atoms with E-state index in [2.05, 4.69) is 29.2 Å². The number of nitrogens with zero attached hydrogens (tertiary/aromatic N) is 3. The maximum atomic E-state index is 12.4. The van der Waals surface area contributed by atoms with Gasteiger partial charge in [-0.3, -0.25) is 0 Å². The Bertz CT molecular complexity index is 1010. The Balaban J connectivity index is 1.91. The van der Waals surface area contributed by atoms with Crippen molar-refractivity contribution in [2.24, 2.45) is 0 Å². The Kier molecular flexibility index (Phi) is 5.53. The van der Waals surface area contributed by atoms with Gasteiger partial charge in [-0.05, 0) is 62.4 Å². The van der Waals surface area contributed by atoms with Crippen LogP contribution in [0.3, 0.4) is 0 Å². The van der Waals surface area contributed by atoms with Gasteiger partial charge in [0.05, 0.1) is 18.1 Å². The molecule has 1 aliphatic heterocycles. The number of methoxy groups -OCH3 is 1. The first kappa shape index (κ1) is 18.8. The molecule has 1 fully saturated rings. The largest absolute Gasteiger partial charge is 0.467 e. The molecule has 0 saturated carbocycles. The van der Waals surface area contributed by atoms with E-state index in [1.54, 1.807) is 0 Å². The fourth-order valence-corrected chi connectivity index (χ4v) is 4.05. The highest BCUT2D eigenvalue weighted by Gasteiger charge is 2.32. The summed E-state index contributed by atoms with van der Waals surface area (Å²) in [6.45, 7) is 0.793. The first-order valence-corrected chi connectivity index (χ1v) is 10.1. The minimum atomic E-state index is -0.292. The summed E-state index contributed by atoms with van der Waals surface area (Å²) < 4.78 is 7.03. The molecule has 0 bridgehead atoms. The van der Waals surface area contributed by atoms with Gasteiger partial charge in [0.25, 0.3) is 0 Å². The van der Waals surface area contributed by atoms with Gasteiger partial charge in [0.1, 0.15) is 6.04 Å². The topological polar surface area (TPSA) is 47.4 Å². The molecule has 146 valence electrons. The molecule has 2 aromatic rings. The van der Waals surface area contributed by atoms with Crippen molar-refractivity contribution in [1.29, 1.82) is 0 Å².